The van der Waals surface area contributed by atoms with Crippen molar-refractivity contribution in [1.29, 1.82) is 0 Å². The van der Waals surface area contributed by atoms with Crippen LogP contribution in [0.3, 0.4) is 0 Å². The number of ether oxygens (including phenoxy) is 1. The molecule has 0 unspecified atom stereocenters. The maximum Gasteiger partial charge on any atom is 0.316 e. The number of rotatable bonds is 2. The first-order chi connectivity index (χ1) is 13.5. The Morgan fingerprint density at radius 1 is 1.07 bits per heavy atom. The van der Waals surface area contributed by atoms with Gasteiger partial charge in [-0.3, -0.25) is 9.59 Å². The molecule has 0 saturated heterocycles. The fourth-order valence-electron chi connectivity index (χ4n) is 4.14. The molecule has 0 aromatic heterocycles. The SMILES string of the molecule is COC(=O)[C@@H]1C(=O)C2=C(C[C@H]1C)Nc1ccccc1N[C@@H]2c1ccc(C)cc1. The van der Waals surface area contributed by atoms with Gasteiger partial charge in [-0.15, -0.1) is 0 Å². The van der Waals surface area contributed by atoms with Crippen molar-refractivity contribution in [3.63, 3.8) is 0 Å². The van der Waals surface area contributed by atoms with Crippen LogP contribution in [0.25, 0.3) is 0 Å². The van der Waals surface area contributed by atoms with E-state index in [2.05, 4.69) is 10.6 Å². The molecule has 1 aliphatic heterocycles. The molecule has 28 heavy (non-hydrogen) atoms. The van der Waals surface area contributed by atoms with Gasteiger partial charge in [0.15, 0.2) is 5.78 Å². The average Bonchev–Trinajstić information content (AvgIpc) is 2.85. The highest BCUT2D eigenvalue weighted by Gasteiger charge is 2.44. The molecule has 0 bridgehead atoms. The van der Waals surface area contributed by atoms with E-state index in [4.69, 9.17) is 4.74 Å². The fraction of sp³-hybridized carbons (Fsp3) is 0.304. The quantitative estimate of drug-likeness (QED) is 0.607. The van der Waals surface area contributed by atoms with Gasteiger partial charge in [0.2, 0.25) is 0 Å². The van der Waals surface area contributed by atoms with E-state index in [-0.39, 0.29) is 17.7 Å². The predicted octanol–water partition coefficient (Wildman–Crippen LogP) is 4.23. The van der Waals surface area contributed by atoms with Crippen LogP contribution in [0, 0.1) is 18.8 Å². The van der Waals surface area contributed by atoms with Gasteiger partial charge in [-0.1, -0.05) is 48.9 Å². The minimum absolute atomic E-state index is 0.130. The normalized spacial score (nSPS) is 23.7. The lowest BCUT2D eigenvalue weighted by atomic mass is 9.75. The van der Waals surface area contributed by atoms with E-state index in [0.717, 1.165) is 28.2 Å². The molecular weight excluding hydrogens is 352 g/mol. The number of nitrogens with one attached hydrogen (secondary N) is 2. The average molecular weight is 376 g/mol. The molecule has 2 aromatic rings. The lowest BCUT2D eigenvalue weighted by Crippen LogP contribution is -2.39. The van der Waals surface area contributed by atoms with Crippen LogP contribution < -0.4 is 10.6 Å². The highest BCUT2D eigenvalue weighted by Crippen LogP contribution is 2.43. The van der Waals surface area contributed by atoms with Crippen molar-refractivity contribution in [2.45, 2.75) is 26.3 Å². The molecule has 2 aromatic carbocycles. The molecular formula is C23H24N2O3. The number of hydrogen-bond donors (Lipinski definition) is 2. The Balaban J connectivity index is 1.87. The van der Waals surface area contributed by atoms with Crippen LogP contribution in [0.2, 0.25) is 0 Å². The molecule has 0 saturated carbocycles. The smallest absolute Gasteiger partial charge is 0.316 e. The second-order valence-electron chi connectivity index (χ2n) is 7.60. The largest absolute Gasteiger partial charge is 0.468 e. The van der Waals surface area contributed by atoms with E-state index in [0.29, 0.717) is 12.0 Å². The topological polar surface area (TPSA) is 67.4 Å². The molecule has 0 fully saturated rings. The van der Waals surface area contributed by atoms with Crippen molar-refractivity contribution >= 4 is 23.1 Å². The zero-order valence-corrected chi connectivity index (χ0v) is 16.3. The number of esters is 1. The van der Waals surface area contributed by atoms with E-state index in [1.165, 1.54) is 7.11 Å². The van der Waals surface area contributed by atoms with Gasteiger partial charge in [0.05, 0.1) is 24.5 Å². The first-order valence-electron chi connectivity index (χ1n) is 9.54. The van der Waals surface area contributed by atoms with Gasteiger partial charge >= 0.3 is 5.97 Å². The summed E-state index contributed by atoms with van der Waals surface area (Å²) in [6.45, 7) is 3.96. The third-order valence-corrected chi connectivity index (χ3v) is 5.64. The van der Waals surface area contributed by atoms with Gasteiger partial charge in [-0.25, -0.2) is 0 Å². The number of para-hydroxylation sites is 2. The summed E-state index contributed by atoms with van der Waals surface area (Å²) in [4.78, 5) is 25.8. The second kappa shape index (κ2) is 7.15. The Morgan fingerprint density at radius 3 is 2.43 bits per heavy atom. The second-order valence-corrected chi connectivity index (χ2v) is 7.60. The number of anilines is 2. The van der Waals surface area contributed by atoms with Gasteiger partial charge in [0, 0.05) is 11.3 Å². The number of aryl methyl sites for hydroxylation is 1. The number of carbonyl (C=O) groups is 2. The fourth-order valence-corrected chi connectivity index (χ4v) is 4.14. The molecule has 0 amide bonds. The van der Waals surface area contributed by atoms with E-state index in [1.54, 1.807) is 0 Å². The van der Waals surface area contributed by atoms with Crippen LogP contribution in [-0.4, -0.2) is 18.9 Å². The summed E-state index contributed by atoms with van der Waals surface area (Å²) in [5, 5.41) is 6.98. The number of carbonyl (C=O) groups excluding carboxylic acids is 2. The van der Waals surface area contributed by atoms with Gasteiger partial charge in [0.25, 0.3) is 0 Å². The Morgan fingerprint density at radius 2 is 1.75 bits per heavy atom. The van der Waals surface area contributed by atoms with Crippen molar-refractivity contribution in [2.24, 2.45) is 11.8 Å². The number of ketones is 1. The van der Waals surface area contributed by atoms with Crippen LogP contribution in [0.5, 0.6) is 0 Å². The van der Waals surface area contributed by atoms with Crippen molar-refractivity contribution in [3.05, 3.63) is 70.9 Å². The van der Waals surface area contributed by atoms with Crippen LogP contribution >= 0.6 is 0 Å². The van der Waals surface area contributed by atoms with Crippen molar-refractivity contribution in [3.8, 4) is 0 Å². The maximum absolute atomic E-state index is 13.5. The molecule has 1 heterocycles. The van der Waals surface area contributed by atoms with Gasteiger partial charge in [0.1, 0.15) is 5.92 Å². The lowest BCUT2D eigenvalue weighted by Gasteiger charge is -2.32. The molecule has 2 N–H and O–H groups in total. The van der Waals surface area contributed by atoms with Crippen LogP contribution in [0.15, 0.2) is 59.8 Å². The summed E-state index contributed by atoms with van der Waals surface area (Å²) in [5.74, 6) is -1.54. The molecule has 5 nitrogen and oxygen atoms in total. The Kier molecular flexibility index (Phi) is 4.67. The highest BCUT2D eigenvalue weighted by molar-refractivity contribution is 6.11. The third kappa shape index (κ3) is 3.07. The number of methoxy groups -OCH3 is 1. The first kappa shape index (κ1) is 18.3. The zero-order chi connectivity index (χ0) is 19.8. The number of allylic oxidation sites excluding steroid dienone is 1. The monoisotopic (exact) mass is 376 g/mol. The molecule has 3 atom stereocenters. The van der Waals surface area contributed by atoms with E-state index >= 15 is 0 Å². The van der Waals surface area contributed by atoms with E-state index in [9.17, 15) is 9.59 Å². The Bertz CT molecular complexity index is 962. The van der Waals surface area contributed by atoms with Gasteiger partial charge < -0.3 is 15.4 Å². The third-order valence-electron chi connectivity index (χ3n) is 5.64. The van der Waals surface area contributed by atoms with Crippen LogP contribution in [0.4, 0.5) is 11.4 Å². The standard InChI is InChI=1S/C23H24N2O3/c1-13-8-10-15(11-9-13)21-20-18(24-16-6-4-5-7-17(16)25-21)12-14(2)19(22(20)26)23(27)28-3/h4-11,14,19,21,24-25H,12H2,1-3H3/t14-,19+,21-/m1/s1. The van der Waals surface area contributed by atoms with Gasteiger partial charge in [-0.05, 0) is 37.0 Å². The van der Waals surface area contributed by atoms with E-state index in [1.807, 2.05) is 62.4 Å². The Labute approximate surface area is 164 Å². The maximum atomic E-state index is 13.5. The summed E-state index contributed by atoms with van der Waals surface area (Å²) in [5.41, 5.74) is 5.50. The van der Waals surface area contributed by atoms with Crippen LogP contribution in [-0.2, 0) is 14.3 Å². The zero-order valence-electron chi connectivity index (χ0n) is 16.3. The predicted molar refractivity (Wildman–Crippen MR) is 109 cm³/mol. The molecule has 144 valence electrons. The summed E-state index contributed by atoms with van der Waals surface area (Å²) < 4.78 is 4.94. The Hall–Kier alpha value is -3.08. The molecule has 4 rings (SSSR count). The number of Topliss-reactive ketones (excluding diaryl/α,β-unsaturated/α-hetero) is 1. The number of fused-ring (bicyclic) bond motifs is 1. The van der Waals surface area contributed by atoms with Crippen LogP contribution in [0.1, 0.15) is 30.5 Å². The lowest BCUT2D eigenvalue weighted by molar-refractivity contribution is -0.151. The molecule has 1 aliphatic carbocycles. The molecule has 2 aliphatic rings. The number of benzene rings is 2. The van der Waals surface area contributed by atoms with Crippen molar-refractivity contribution in [2.75, 3.05) is 17.7 Å². The molecule has 5 heteroatoms. The summed E-state index contributed by atoms with van der Waals surface area (Å²) in [6, 6.07) is 15.7. The molecule has 0 radical (unpaired) electrons. The molecule has 0 spiro atoms. The van der Waals surface area contributed by atoms with E-state index < -0.39 is 11.9 Å². The minimum atomic E-state index is -0.776. The van der Waals surface area contributed by atoms with Crippen molar-refractivity contribution < 1.29 is 14.3 Å². The van der Waals surface area contributed by atoms with Gasteiger partial charge in [-0.2, -0.15) is 0 Å². The minimum Gasteiger partial charge on any atom is -0.468 e. The summed E-state index contributed by atoms with van der Waals surface area (Å²) in [7, 11) is 1.34. The number of hydrogen-bond acceptors (Lipinski definition) is 5. The highest BCUT2D eigenvalue weighted by atomic mass is 16.5. The summed E-state index contributed by atoms with van der Waals surface area (Å²) in [6.07, 6.45) is 0.610. The first-order valence-corrected chi connectivity index (χ1v) is 9.54. The summed E-state index contributed by atoms with van der Waals surface area (Å²) >= 11 is 0. The van der Waals surface area contributed by atoms with Crippen molar-refractivity contribution in [1.82, 2.24) is 0 Å².